The molecule has 4 heteroatoms. The number of fused-ring (bicyclic) bond motifs is 1. The average Bonchev–Trinajstić information content (AvgIpc) is 3.07. The molecule has 3 rings (SSSR count). The summed E-state index contributed by atoms with van der Waals surface area (Å²) in [7, 11) is 0. The number of carbonyl (C=O) groups excluding carboxylic acids is 1. The third kappa shape index (κ3) is 1.97. The molecule has 20 heavy (non-hydrogen) atoms. The zero-order chi connectivity index (χ0) is 14.3. The van der Waals surface area contributed by atoms with E-state index in [0.29, 0.717) is 11.8 Å². The normalized spacial score (nSPS) is 27.9. The van der Waals surface area contributed by atoms with Gasteiger partial charge in [0.25, 0.3) is 5.91 Å². The minimum absolute atomic E-state index is 0.0490. The van der Waals surface area contributed by atoms with Crippen molar-refractivity contribution in [2.45, 2.75) is 39.3 Å². The van der Waals surface area contributed by atoms with E-state index < -0.39 is 0 Å². The van der Waals surface area contributed by atoms with Crippen LogP contribution in [0.25, 0.3) is 0 Å². The van der Waals surface area contributed by atoms with Gasteiger partial charge < -0.3 is 14.8 Å². The molecule has 0 saturated carbocycles. The topological polar surface area (TPSA) is 37.3 Å². The fraction of sp³-hybridized carbons (Fsp3) is 0.688. The molecule has 0 aliphatic carbocycles. The predicted molar refractivity (Wildman–Crippen MR) is 79.7 cm³/mol. The lowest BCUT2D eigenvalue weighted by atomic mass is 9.85. The fourth-order valence-electron chi connectivity index (χ4n) is 3.95. The van der Waals surface area contributed by atoms with Crippen LogP contribution in [0.1, 0.15) is 37.7 Å². The van der Waals surface area contributed by atoms with Gasteiger partial charge in [-0.15, -0.1) is 0 Å². The number of rotatable bonds is 3. The third-order valence-corrected chi connectivity index (χ3v) is 5.12. The molecule has 0 spiro atoms. The smallest absolute Gasteiger partial charge is 0.270 e. The van der Waals surface area contributed by atoms with E-state index in [1.54, 1.807) is 0 Å². The van der Waals surface area contributed by atoms with Crippen molar-refractivity contribution in [1.29, 1.82) is 0 Å². The van der Waals surface area contributed by atoms with Gasteiger partial charge in [-0.1, -0.05) is 6.92 Å². The minimum Gasteiger partial charge on any atom is -0.344 e. The second-order valence-electron chi connectivity index (χ2n) is 6.68. The second-order valence-corrected chi connectivity index (χ2v) is 6.68. The van der Waals surface area contributed by atoms with Crippen LogP contribution < -0.4 is 5.32 Å². The van der Waals surface area contributed by atoms with Gasteiger partial charge in [0.2, 0.25) is 0 Å². The molecule has 3 heterocycles. The Morgan fingerprint density at radius 1 is 1.45 bits per heavy atom. The third-order valence-electron chi connectivity index (χ3n) is 5.12. The highest BCUT2D eigenvalue weighted by atomic mass is 16.2. The highest BCUT2D eigenvalue weighted by Crippen LogP contribution is 2.41. The first-order chi connectivity index (χ1) is 9.55. The summed E-state index contributed by atoms with van der Waals surface area (Å²) in [5.74, 6) is 1.40. The Kier molecular flexibility index (Phi) is 3.36. The average molecular weight is 275 g/mol. The van der Waals surface area contributed by atoms with Crippen molar-refractivity contribution < 1.29 is 4.79 Å². The molecule has 110 valence electrons. The number of amides is 1. The van der Waals surface area contributed by atoms with Crippen molar-refractivity contribution in [3.63, 3.8) is 0 Å². The van der Waals surface area contributed by atoms with Gasteiger partial charge in [0.1, 0.15) is 5.69 Å². The van der Waals surface area contributed by atoms with E-state index in [9.17, 15) is 4.79 Å². The Morgan fingerprint density at radius 2 is 2.25 bits per heavy atom. The largest absolute Gasteiger partial charge is 0.344 e. The highest BCUT2D eigenvalue weighted by molar-refractivity contribution is 5.93. The number of hydrogen-bond acceptors (Lipinski definition) is 2. The second kappa shape index (κ2) is 4.92. The fourth-order valence-corrected chi connectivity index (χ4v) is 3.95. The minimum atomic E-state index is -0.0490. The molecule has 2 aliphatic heterocycles. The van der Waals surface area contributed by atoms with Crippen molar-refractivity contribution in [2.75, 3.05) is 19.6 Å². The lowest BCUT2D eigenvalue weighted by Gasteiger charge is -2.35. The molecule has 0 radical (unpaired) electrons. The summed E-state index contributed by atoms with van der Waals surface area (Å²) in [6.07, 6.45) is 3.07. The molecule has 2 unspecified atom stereocenters. The zero-order valence-electron chi connectivity index (χ0n) is 12.7. The van der Waals surface area contributed by atoms with E-state index in [2.05, 4.69) is 35.6 Å². The highest BCUT2D eigenvalue weighted by Gasteiger charge is 2.51. The summed E-state index contributed by atoms with van der Waals surface area (Å²) in [4.78, 5) is 15.0. The molecule has 0 bridgehead atoms. The van der Waals surface area contributed by atoms with Crippen LogP contribution in [0.4, 0.5) is 0 Å². The number of likely N-dealkylation sites (tertiary alicyclic amines) is 1. The molecule has 2 aliphatic rings. The van der Waals surface area contributed by atoms with Gasteiger partial charge in [-0.2, -0.15) is 0 Å². The van der Waals surface area contributed by atoms with Gasteiger partial charge in [-0.05, 0) is 44.2 Å². The molecule has 4 nitrogen and oxygen atoms in total. The summed E-state index contributed by atoms with van der Waals surface area (Å²) in [5.41, 5.74) is 0.792. The summed E-state index contributed by atoms with van der Waals surface area (Å²) in [6, 6.07) is 3.94. The van der Waals surface area contributed by atoms with Crippen molar-refractivity contribution >= 4 is 5.91 Å². The lowest BCUT2D eigenvalue weighted by molar-refractivity contribution is 0.0592. The Hall–Kier alpha value is -1.29. The van der Waals surface area contributed by atoms with E-state index in [1.165, 1.54) is 0 Å². The Bertz CT molecular complexity index is 506. The molecule has 0 aromatic carbocycles. The van der Waals surface area contributed by atoms with Gasteiger partial charge in [0, 0.05) is 37.9 Å². The number of aromatic nitrogens is 1. The van der Waals surface area contributed by atoms with E-state index in [-0.39, 0.29) is 11.4 Å². The predicted octanol–water partition coefficient (Wildman–Crippen LogP) is 1.97. The van der Waals surface area contributed by atoms with Crippen molar-refractivity contribution in [3.8, 4) is 0 Å². The maximum Gasteiger partial charge on any atom is 0.270 e. The van der Waals surface area contributed by atoms with Crippen LogP contribution >= 0.6 is 0 Å². The van der Waals surface area contributed by atoms with Crippen molar-refractivity contribution in [2.24, 2.45) is 11.8 Å². The van der Waals surface area contributed by atoms with Crippen molar-refractivity contribution in [1.82, 2.24) is 14.8 Å². The Morgan fingerprint density at radius 3 is 2.95 bits per heavy atom. The van der Waals surface area contributed by atoms with Crippen LogP contribution in [0.15, 0.2) is 18.3 Å². The zero-order valence-corrected chi connectivity index (χ0v) is 12.7. The molecular weight excluding hydrogens is 250 g/mol. The maximum absolute atomic E-state index is 12.9. The molecule has 1 aromatic heterocycles. The van der Waals surface area contributed by atoms with Crippen LogP contribution in [0.2, 0.25) is 0 Å². The van der Waals surface area contributed by atoms with Crippen LogP contribution in [-0.4, -0.2) is 40.5 Å². The Labute approximate surface area is 121 Å². The van der Waals surface area contributed by atoms with Crippen LogP contribution in [-0.2, 0) is 6.54 Å². The van der Waals surface area contributed by atoms with Gasteiger partial charge >= 0.3 is 0 Å². The quantitative estimate of drug-likeness (QED) is 0.915. The van der Waals surface area contributed by atoms with Gasteiger partial charge in [0.15, 0.2) is 0 Å². The van der Waals surface area contributed by atoms with E-state index in [4.69, 9.17) is 0 Å². The summed E-state index contributed by atoms with van der Waals surface area (Å²) >= 11 is 0. The number of carbonyl (C=O) groups is 1. The van der Waals surface area contributed by atoms with E-state index >= 15 is 0 Å². The SMILES string of the molecule is CCCn1cccc1C(=O)N1CC2CNCC2C1(C)C. The summed E-state index contributed by atoms with van der Waals surface area (Å²) < 4.78 is 2.09. The number of nitrogens with zero attached hydrogens (tertiary/aromatic N) is 2. The maximum atomic E-state index is 12.9. The summed E-state index contributed by atoms with van der Waals surface area (Å²) in [5, 5.41) is 3.46. The van der Waals surface area contributed by atoms with Gasteiger partial charge in [-0.25, -0.2) is 0 Å². The number of hydrogen-bond donors (Lipinski definition) is 1. The molecule has 1 N–H and O–H groups in total. The standard InChI is InChI=1S/C16H25N3O/c1-4-7-18-8-5-6-14(18)15(20)19-11-12-9-17-10-13(12)16(19,2)3/h5-6,8,12-13,17H,4,7,9-11H2,1-3H3. The lowest BCUT2D eigenvalue weighted by Crippen LogP contribution is -2.48. The van der Waals surface area contributed by atoms with Gasteiger partial charge in [0.05, 0.1) is 0 Å². The molecule has 2 atom stereocenters. The first-order valence-electron chi connectivity index (χ1n) is 7.73. The van der Waals surface area contributed by atoms with E-state index in [0.717, 1.165) is 38.3 Å². The van der Waals surface area contributed by atoms with Crippen LogP contribution in [0.3, 0.4) is 0 Å². The van der Waals surface area contributed by atoms with Crippen molar-refractivity contribution in [3.05, 3.63) is 24.0 Å². The summed E-state index contributed by atoms with van der Waals surface area (Å²) in [6.45, 7) is 10.5. The first-order valence-corrected chi connectivity index (χ1v) is 7.73. The first kappa shape index (κ1) is 13.7. The molecule has 1 aromatic rings. The molecule has 1 amide bonds. The molecule has 2 fully saturated rings. The monoisotopic (exact) mass is 275 g/mol. The molecular formula is C16H25N3O. The Balaban J connectivity index is 1.85. The van der Waals surface area contributed by atoms with E-state index in [1.807, 2.05) is 18.3 Å². The van der Waals surface area contributed by atoms with Crippen LogP contribution in [0, 0.1) is 11.8 Å². The van der Waals surface area contributed by atoms with Gasteiger partial charge in [-0.3, -0.25) is 4.79 Å². The molecule has 2 saturated heterocycles. The number of nitrogens with one attached hydrogen (secondary N) is 1. The number of aryl methyl sites for hydroxylation is 1. The van der Waals surface area contributed by atoms with Crippen LogP contribution in [0.5, 0.6) is 0 Å².